The first-order valence-electron chi connectivity index (χ1n) is 6.51. The molecule has 0 aliphatic heterocycles. The van der Waals surface area contributed by atoms with E-state index in [0.29, 0.717) is 11.0 Å². The minimum Gasteiger partial charge on any atom is -0.485 e. The number of carboxylic acids is 1. The Bertz CT molecular complexity index is 680. The number of aromatic nitrogens is 3. The van der Waals surface area contributed by atoms with Crippen LogP contribution in [-0.2, 0) is 18.4 Å². The summed E-state index contributed by atoms with van der Waals surface area (Å²) in [7, 11) is 1.80. The van der Waals surface area contributed by atoms with Crippen molar-refractivity contribution < 1.29 is 14.6 Å². The monoisotopic (exact) mass is 385 g/mol. The van der Waals surface area contributed by atoms with Crippen molar-refractivity contribution in [2.75, 3.05) is 5.75 Å². The summed E-state index contributed by atoms with van der Waals surface area (Å²) in [6.45, 7) is 4.25. The standard InChI is InChI=1S/C14H16BrN3O3S/c1-8-4-10(15)5-9(2)13(8)21-6-11-16-17-14(18(11)3)22-7-12(19)20/h4-5H,6-7H2,1-3H3,(H,19,20). The van der Waals surface area contributed by atoms with E-state index in [1.165, 1.54) is 0 Å². The van der Waals surface area contributed by atoms with Gasteiger partial charge in [0.1, 0.15) is 12.4 Å². The highest BCUT2D eigenvalue weighted by molar-refractivity contribution is 9.10. The zero-order chi connectivity index (χ0) is 16.3. The number of rotatable bonds is 6. The van der Waals surface area contributed by atoms with Gasteiger partial charge in [-0.15, -0.1) is 10.2 Å². The summed E-state index contributed by atoms with van der Waals surface area (Å²) in [5, 5.41) is 17.3. The quantitative estimate of drug-likeness (QED) is 0.770. The first-order valence-corrected chi connectivity index (χ1v) is 8.28. The van der Waals surface area contributed by atoms with Crippen molar-refractivity contribution in [2.24, 2.45) is 7.05 Å². The van der Waals surface area contributed by atoms with E-state index >= 15 is 0 Å². The number of hydrogen-bond acceptors (Lipinski definition) is 5. The predicted octanol–water partition coefficient (Wildman–Crippen LogP) is 2.95. The average Bonchev–Trinajstić information content (AvgIpc) is 2.76. The van der Waals surface area contributed by atoms with Crippen LogP contribution >= 0.6 is 27.7 Å². The van der Waals surface area contributed by atoms with E-state index in [2.05, 4.69) is 26.1 Å². The molecule has 0 radical (unpaired) electrons. The van der Waals surface area contributed by atoms with Crippen molar-refractivity contribution in [3.63, 3.8) is 0 Å². The number of hydrogen-bond donors (Lipinski definition) is 1. The molecule has 2 rings (SSSR count). The fourth-order valence-electron chi connectivity index (χ4n) is 1.98. The van der Waals surface area contributed by atoms with Gasteiger partial charge in [-0.05, 0) is 37.1 Å². The Hall–Kier alpha value is -1.54. The van der Waals surface area contributed by atoms with Gasteiger partial charge in [0.25, 0.3) is 0 Å². The maximum atomic E-state index is 10.6. The van der Waals surface area contributed by atoms with Crippen LogP contribution in [0, 0.1) is 13.8 Å². The second-order valence-corrected chi connectivity index (χ2v) is 6.66. The summed E-state index contributed by atoms with van der Waals surface area (Å²) in [5.41, 5.74) is 2.07. The molecule has 1 aromatic carbocycles. The summed E-state index contributed by atoms with van der Waals surface area (Å²) in [6, 6.07) is 3.99. The SMILES string of the molecule is Cc1cc(Br)cc(C)c1OCc1nnc(SCC(=O)O)n1C. The zero-order valence-electron chi connectivity index (χ0n) is 12.5. The van der Waals surface area contributed by atoms with Crippen LogP contribution in [0.3, 0.4) is 0 Å². The highest BCUT2D eigenvalue weighted by atomic mass is 79.9. The van der Waals surface area contributed by atoms with Crippen LogP contribution in [0.1, 0.15) is 17.0 Å². The Kier molecular flexibility index (Phi) is 5.47. The maximum Gasteiger partial charge on any atom is 0.313 e. The molecule has 1 aromatic heterocycles. The number of aliphatic carboxylic acids is 1. The van der Waals surface area contributed by atoms with Gasteiger partial charge >= 0.3 is 5.97 Å². The second kappa shape index (κ2) is 7.15. The molecule has 8 heteroatoms. The minimum absolute atomic E-state index is 0.0439. The molecule has 0 saturated heterocycles. The van der Waals surface area contributed by atoms with Gasteiger partial charge in [-0.2, -0.15) is 0 Å². The predicted molar refractivity (Wildman–Crippen MR) is 87.3 cm³/mol. The lowest BCUT2D eigenvalue weighted by Gasteiger charge is -2.12. The van der Waals surface area contributed by atoms with Crippen LogP contribution in [0.15, 0.2) is 21.8 Å². The molecule has 6 nitrogen and oxygen atoms in total. The largest absolute Gasteiger partial charge is 0.485 e. The van der Waals surface area contributed by atoms with Crippen LogP contribution in [0.5, 0.6) is 5.75 Å². The lowest BCUT2D eigenvalue weighted by atomic mass is 10.1. The van der Waals surface area contributed by atoms with Crippen molar-refractivity contribution in [3.8, 4) is 5.75 Å². The molecular weight excluding hydrogens is 370 g/mol. The molecule has 0 saturated carbocycles. The van der Waals surface area contributed by atoms with Crippen LogP contribution in [0.4, 0.5) is 0 Å². The maximum absolute atomic E-state index is 10.6. The van der Waals surface area contributed by atoms with E-state index < -0.39 is 5.97 Å². The molecule has 0 atom stereocenters. The second-order valence-electron chi connectivity index (χ2n) is 4.80. The molecular formula is C14H16BrN3O3S. The Morgan fingerprint density at radius 3 is 2.59 bits per heavy atom. The van der Waals surface area contributed by atoms with Crippen molar-refractivity contribution in [1.29, 1.82) is 0 Å². The highest BCUT2D eigenvalue weighted by Gasteiger charge is 2.13. The van der Waals surface area contributed by atoms with E-state index in [9.17, 15) is 4.79 Å². The number of ether oxygens (including phenoxy) is 1. The zero-order valence-corrected chi connectivity index (χ0v) is 14.9. The number of nitrogens with zero attached hydrogens (tertiary/aromatic N) is 3. The molecule has 1 heterocycles. The number of thioether (sulfide) groups is 1. The van der Waals surface area contributed by atoms with Gasteiger partial charge in [-0.25, -0.2) is 0 Å². The molecule has 118 valence electrons. The lowest BCUT2D eigenvalue weighted by Crippen LogP contribution is -2.06. The molecule has 0 aliphatic carbocycles. The highest BCUT2D eigenvalue weighted by Crippen LogP contribution is 2.28. The summed E-state index contributed by atoms with van der Waals surface area (Å²) in [5.74, 6) is 0.546. The normalized spacial score (nSPS) is 10.7. The first kappa shape index (κ1) is 16.8. The van der Waals surface area contributed by atoms with Gasteiger partial charge in [0.2, 0.25) is 0 Å². The molecule has 1 N–H and O–H groups in total. The van der Waals surface area contributed by atoms with Crippen molar-refractivity contribution in [1.82, 2.24) is 14.8 Å². The summed E-state index contributed by atoms with van der Waals surface area (Å²) in [6.07, 6.45) is 0. The minimum atomic E-state index is -0.882. The van der Waals surface area contributed by atoms with Gasteiger partial charge in [-0.1, -0.05) is 27.7 Å². The van der Waals surface area contributed by atoms with Crippen LogP contribution in [-0.4, -0.2) is 31.6 Å². The number of aryl methyl sites for hydroxylation is 2. The molecule has 0 unspecified atom stereocenters. The van der Waals surface area contributed by atoms with Gasteiger partial charge in [0.05, 0.1) is 5.75 Å². The number of benzene rings is 1. The van der Waals surface area contributed by atoms with Crippen LogP contribution in [0.2, 0.25) is 0 Å². The van der Waals surface area contributed by atoms with Crippen LogP contribution < -0.4 is 4.74 Å². The van der Waals surface area contributed by atoms with E-state index in [-0.39, 0.29) is 12.4 Å². The van der Waals surface area contributed by atoms with Gasteiger partial charge < -0.3 is 14.4 Å². The number of carboxylic acid groups (broad SMARTS) is 1. The molecule has 0 aliphatic rings. The fraction of sp³-hybridized carbons (Fsp3) is 0.357. The van der Waals surface area contributed by atoms with Gasteiger partial charge in [0.15, 0.2) is 11.0 Å². The lowest BCUT2D eigenvalue weighted by molar-refractivity contribution is -0.133. The molecule has 0 spiro atoms. The van der Waals surface area contributed by atoms with E-state index in [4.69, 9.17) is 9.84 Å². The summed E-state index contributed by atoms with van der Waals surface area (Å²) < 4.78 is 8.62. The topological polar surface area (TPSA) is 77.2 Å². The van der Waals surface area contributed by atoms with Crippen molar-refractivity contribution >= 4 is 33.7 Å². The number of halogens is 1. The summed E-state index contributed by atoms with van der Waals surface area (Å²) >= 11 is 4.59. The van der Waals surface area contributed by atoms with Crippen LogP contribution in [0.25, 0.3) is 0 Å². The first-order chi connectivity index (χ1) is 10.4. The fourth-order valence-corrected chi connectivity index (χ4v) is 3.32. The number of carbonyl (C=O) groups is 1. The van der Waals surface area contributed by atoms with Gasteiger partial charge in [-0.3, -0.25) is 4.79 Å². The Morgan fingerprint density at radius 1 is 1.36 bits per heavy atom. The Balaban J connectivity index is 2.08. The van der Waals surface area contributed by atoms with E-state index in [0.717, 1.165) is 33.1 Å². The third-order valence-corrected chi connectivity index (χ3v) is 4.48. The van der Waals surface area contributed by atoms with Crippen molar-refractivity contribution in [3.05, 3.63) is 33.6 Å². The third kappa shape index (κ3) is 4.01. The van der Waals surface area contributed by atoms with E-state index in [1.54, 1.807) is 11.6 Å². The van der Waals surface area contributed by atoms with E-state index in [1.807, 2.05) is 26.0 Å². The molecule has 2 aromatic rings. The molecule has 0 bridgehead atoms. The Labute approximate surface area is 141 Å². The average molecular weight is 386 g/mol. The van der Waals surface area contributed by atoms with Gasteiger partial charge in [0, 0.05) is 11.5 Å². The van der Waals surface area contributed by atoms with Crippen molar-refractivity contribution in [2.45, 2.75) is 25.6 Å². The third-order valence-electron chi connectivity index (χ3n) is 3.02. The molecule has 0 amide bonds. The smallest absolute Gasteiger partial charge is 0.313 e. The molecule has 0 fully saturated rings. The molecule has 22 heavy (non-hydrogen) atoms. The Morgan fingerprint density at radius 2 is 2.00 bits per heavy atom. The summed E-state index contributed by atoms with van der Waals surface area (Å²) in [4.78, 5) is 10.6.